The summed E-state index contributed by atoms with van der Waals surface area (Å²) < 4.78 is 41.6. The first-order chi connectivity index (χ1) is 7.73. The molecule has 0 radical (unpaired) electrons. The summed E-state index contributed by atoms with van der Waals surface area (Å²) in [6, 6.07) is 6.65. The smallest absolute Gasteiger partial charge is 0.358 e. The van der Waals surface area contributed by atoms with Gasteiger partial charge in [0.1, 0.15) is 6.10 Å². The first-order valence-electron chi connectivity index (χ1n) is 4.97. The molecule has 17 heavy (non-hydrogen) atoms. The molecule has 1 fully saturated rings. The van der Waals surface area contributed by atoms with Crippen molar-refractivity contribution in [1.29, 1.82) is 0 Å². The van der Waals surface area contributed by atoms with Gasteiger partial charge >= 0.3 is 6.18 Å². The van der Waals surface area contributed by atoms with E-state index in [1.807, 2.05) is 6.92 Å². The van der Waals surface area contributed by atoms with Crippen LogP contribution in [0.3, 0.4) is 0 Å². The third-order valence-corrected chi connectivity index (χ3v) is 2.71. The molecule has 0 amide bonds. The van der Waals surface area contributed by atoms with Gasteiger partial charge in [-0.15, -0.1) is 0 Å². The summed E-state index contributed by atoms with van der Waals surface area (Å²) >= 11 is 0. The van der Waals surface area contributed by atoms with Gasteiger partial charge in [0.05, 0.1) is 0 Å². The molecule has 3 nitrogen and oxygen atoms in total. The normalized spacial score (nSPS) is 24.8. The van der Waals surface area contributed by atoms with E-state index in [9.17, 15) is 13.2 Å². The molecule has 2 atom stereocenters. The number of aryl methyl sites for hydroxylation is 1. The molecule has 0 unspecified atom stereocenters. The standard InChI is InChI=1S/C11H11F3O3/c1-6-2-4-7(5-3-6)8-9(17-8)10(15,16)11(12,13)14/h2-5,8-9,15-16H,1H3/t8-,9+/m1/s1. The van der Waals surface area contributed by atoms with E-state index in [2.05, 4.69) is 0 Å². The van der Waals surface area contributed by atoms with Crippen LogP contribution in [0.5, 0.6) is 0 Å². The molecule has 0 aliphatic carbocycles. The minimum atomic E-state index is -5.13. The summed E-state index contributed by atoms with van der Waals surface area (Å²) in [5, 5.41) is 18.0. The number of benzene rings is 1. The molecule has 1 saturated heterocycles. The van der Waals surface area contributed by atoms with Gasteiger partial charge in [0.25, 0.3) is 5.79 Å². The van der Waals surface area contributed by atoms with Crippen molar-refractivity contribution in [1.82, 2.24) is 0 Å². The van der Waals surface area contributed by atoms with E-state index in [4.69, 9.17) is 14.9 Å². The largest absolute Gasteiger partial charge is 0.445 e. The first-order valence-corrected chi connectivity index (χ1v) is 4.97. The summed E-state index contributed by atoms with van der Waals surface area (Å²) in [6.45, 7) is 1.84. The van der Waals surface area contributed by atoms with Gasteiger partial charge in [-0.05, 0) is 12.5 Å². The zero-order valence-corrected chi connectivity index (χ0v) is 8.90. The first kappa shape index (κ1) is 12.3. The molecule has 1 aliphatic rings. The molecule has 0 saturated carbocycles. The van der Waals surface area contributed by atoms with Crippen molar-refractivity contribution in [3.63, 3.8) is 0 Å². The number of ether oxygens (including phenoxy) is 1. The van der Waals surface area contributed by atoms with Gasteiger partial charge in [-0.1, -0.05) is 29.8 Å². The Hall–Kier alpha value is -1.11. The van der Waals surface area contributed by atoms with Crippen molar-refractivity contribution in [3.8, 4) is 0 Å². The highest BCUT2D eigenvalue weighted by Crippen LogP contribution is 2.49. The Labute approximate surface area is 95.4 Å². The van der Waals surface area contributed by atoms with Crippen molar-refractivity contribution in [2.75, 3.05) is 0 Å². The summed E-state index contributed by atoms with van der Waals surface area (Å²) in [5.74, 6) is -3.80. The molecular formula is C11H11F3O3. The van der Waals surface area contributed by atoms with Gasteiger partial charge in [0.2, 0.25) is 0 Å². The van der Waals surface area contributed by atoms with Gasteiger partial charge in [-0.3, -0.25) is 0 Å². The van der Waals surface area contributed by atoms with Crippen LogP contribution in [0.25, 0.3) is 0 Å². The van der Waals surface area contributed by atoms with E-state index in [-0.39, 0.29) is 0 Å². The molecule has 1 aromatic carbocycles. The predicted molar refractivity (Wildman–Crippen MR) is 52.0 cm³/mol. The van der Waals surface area contributed by atoms with Gasteiger partial charge in [-0.2, -0.15) is 13.2 Å². The monoisotopic (exact) mass is 248 g/mol. The van der Waals surface area contributed by atoms with Gasteiger partial charge in [-0.25, -0.2) is 0 Å². The fraction of sp³-hybridized carbons (Fsp3) is 0.455. The average molecular weight is 248 g/mol. The molecule has 6 heteroatoms. The van der Waals surface area contributed by atoms with E-state index in [0.717, 1.165) is 5.56 Å². The fourth-order valence-electron chi connectivity index (χ4n) is 1.59. The molecule has 1 aromatic rings. The topological polar surface area (TPSA) is 53.0 Å². The molecule has 2 N–H and O–H groups in total. The average Bonchev–Trinajstić information content (AvgIpc) is 2.97. The molecule has 2 rings (SSSR count). The maximum atomic E-state index is 12.3. The summed E-state index contributed by atoms with van der Waals surface area (Å²) in [5.41, 5.74) is 1.46. The molecule has 0 spiro atoms. The number of halogens is 3. The van der Waals surface area contributed by atoms with Gasteiger partial charge in [0.15, 0.2) is 6.10 Å². The van der Waals surface area contributed by atoms with Crippen LogP contribution >= 0.6 is 0 Å². The maximum absolute atomic E-state index is 12.3. The molecule has 0 bridgehead atoms. The third-order valence-electron chi connectivity index (χ3n) is 2.71. The second kappa shape index (κ2) is 3.69. The Bertz CT molecular complexity index is 411. The van der Waals surface area contributed by atoms with Crippen LogP contribution in [0.2, 0.25) is 0 Å². The van der Waals surface area contributed by atoms with Crippen LogP contribution in [0.15, 0.2) is 24.3 Å². The zero-order chi connectivity index (χ0) is 12.8. The lowest BCUT2D eigenvalue weighted by Gasteiger charge is -2.22. The van der Waals surface area contributed by atoms with Crippen LogP contribution in [0, 0.1) is 6.92 Å². The molecule has 1 heterocycles. The third kappa shape index (κ3) is 2.15. The summed E-state index contributed by atoms with van der Waals surface area (Å²) in [6.07, 6.45) is -7.71. The second-order valence-corrected chi connectivity index (χ2v) is 4.11. The molecular weight excluding hydrogens is 237 g/mol. The Balaban J connectivity index is 2.13. The van der Waals surface area contributed by atoms with Crippen LogP contribution in [0.1, 0.15) is 17.2 Å². The minimum Gasteiger partial charge on any atom is -0.358 e. The highest BCUT2D eigenvalue weighted by atomic mass is 19.4. The van der Waals surface area contributed by atoms with Crippen molar-refractivity contribution in [2.24, 2.45) is 0 Å². The highest BCUT2D eigenvalue weighted by Gasteiger charge is 2.67. The van der Waals surface area contributed by atoms with E-state index < -0.39 is 24.2 Å². The number of epoxide rings is 1. The van der Waals surface area contributed by atoms with Crippen molar-refractivity contribution < 1.29 is 28.1 Å². The number of aliphatic hydroxyl groups is 2. The van der Waals surface area contributed by atoms with Gasteiger partial charge < -0.3 is 14.9 Å². The zero-order valence-electron chi connectivity index (χ0n) is 8.90. The number of hydrogen-bond donors (Lipinski definition) is 2. The van der Waals surface area contributed by atoms with Crippen LogP contribution < -0.4 is 0 Å². The van der Waals surface area contributed by atoms with E-state index in [1.165, 1.54) is 0 Å². The molecule has 1 aliphatic heterocycles. The molecule has 94 valence electrons. The quantitative estimate of drug-likeness (QED) is 0.618. The van der Waals surface area contributed by atoms with Crippen LogP contribution in [-0.4, -0.2) is 28.3 Å². The fourth-order valence-corrected chi connectivity index (χ4v) is 1.59. The van der Waals surface area contributed by atoms with E-state index in [1.54, 1.807) is 24.3 Å². The lowest BCUT2D eigenvalue weighted by Crippen LogP contribution is -2.50. The number of rotatable bonds is 2. The van der Waals surface area contributed by atoms with E-state index >= 15 is 0 Å². The Kier molecular flexibility index (Phi) is 2.68. The number of alkyl halides is 3. The second-order valence-electron chi connectivity index (χ2n) is 4.11. The Morgan fingerprint density at radius 3 is 2.12 bits per heavy atom. The van der Waals surface area contributed by atoms with Crippen molar-refractivity contribution in [3.05, 3.63) is 35.4 Å². The van der Waals surface area contributed by atoms with Gasteiger partial charge in [0, 0.05) is 0 Å². The van der Waals surface area contributed by atoms with Crippen molar-refractivity contribution >= 4 is 0 Å². The number of hydrogen-bond acceptors (Lipinski definition) is 3. The summed E-state index contributed by atoms with van der Waals surface area (Å²) in [7, 11) is 0. The van der Waals surface area contributed by atoms with E-state index in [0.29, 0.717) is 5.56 Å². The molecule has 0 aromatic heterocycles. The van der Waals surface area contributed by atoms with Crippen molar-refractivity contribution in [2.45, 2.75) is 31.1 Å². The minimum absolute atomic E-state index is 0.498. The lowest BCUT2D eigenvalue weighted by atomic mass is 10.0. The highest BCUT2D eigenvalue weighted by molar-refractivity contribution is 5.27. The summed E-state index contributed by atoms with van der Waals surface area (Å²) in [4.78, 5) is 0. The maximum Gasteiger partial charge on any atom is 0.445 e. The Morgan fingerprint density at radius 1 is 1.12 bits per heavy atom. The Morgan fingerprint density at radius 2 is 1.65 bits per heavy atom. The van der Waals surface area contributed by atoms with Crippen LogP contribution in [0.4, 0.5) is 13.2 Å². The predicted octanol–water partition coefficient (Wildman–Crippen LogP) is 1.68. The lowest BCUT2D eigenvalue weighted by molar-refractivity contribution is -0.355. The van der Waals surface area contributed by atoms with Crippen LogP contribution in [-0.2, 0) is 4.74 Å². The SMILES string of the molecule is Cc1ccc([C@H]2O[C@@H]2C(O)(O)C(F)(F)F)cc1.